The summed E-state index contributed by atoms with van der Waals surface area (Å²) < 4.78 is 14.2. The number of benzene rings is 2. The van der Waals surface area contributed by atoms with Crippen molar-refractivity contribution in [3.05, 3.63) is 57.9 Å². The van der Waals surface area contributed by atoms with Crippen LogP contribution in [-0.4, -0.2) is 10.2 Å². The number of rotatable bonds is 4. The first-order valence-corrected chi connectivity index (χ1v) is 8.00. The molecule has 0 saturated heterocycles. The molecule has 0 aliphatic heterocycles. The summed E-state index contributed by atoms with van der Waals surface area (Å²) in [5.41, 5.74) is 1.27. The van der Waals surface area contributed by atoms with Gasteiger partial charge in [0, 0.05) is 11.0 Å². The molecule has 0 spiro atoms. The van der Waals surface area contributed by atoms with Crippen LogP contribution in [0.4, 0.5) is 4.39 Å². The molecule has 0 unspecified atom stereocenters. The van der Waals surface area contributed by atoms with Crippen molar-refractivity contribution < 1.29 is 14.6 Å². The van der Waals surface area contributed by atoms with Crippen molar-refractivity contribution in [2.24, 2.45) is 0 Å². The third kappa shape index (κ3) is 3.61. The highest BCUT2D eigenvalue weighted by molar-refractivity contribution is 6.32. The average Bonchev–Trinajstić information content (AvgIpc) is 2.42. The number of hydrogen-bond donors (Lipinski definition) is 2. The predicted octanol–water partition coefficient (Wildman–Crippen LogP) is 5.53. The Balaban J connectivity index is 2.39. The van der Waals surface area contributed by atoms with Crippen LogP contribution >= 0.6 is 11.6 Å². The lowest BCUT2D eigenvalue weighted by molar-refractivity contribution is 0.413. The smallest absolute Gasteiger partial charge is 0.140 e. The number of phenolic OH excluding ortho intramolecular Hbond substituents is 2. The van der Waals surface area contributed by atoms with Crippen LogP contribution in [0.15, 0.2) is 30.3 Å². The van der Waals surface area contributed by atoms with E-state index in [0.717, 1.165) is 11.1 Å². The van der Waals surface area contributed by atoms with Crippen LogP contribution < -0.4 is 0 Å². The number of hydrogen-bond acceptors (Lipinski definition) is 2. The highest BCUT2D eigenvalue weighted by atomic mass is 35.5. The normalized spacial score (nSPS) is 12.0. The van der Waals surface area contributed by atoms with Crippen molar-refractivity contribution >= 4 is 11.6 Å². The third-order valence-corrected chi connectivity index (χ3v) is 4.42. The van der Waals surface area contributed by atoms with Gasteiger partial charge in [0.2, 0.25) is 0 Å². The zero-order valence-corrected chi connectivity index (χ0v) is 14.6. The van der Waals surface area contributed by atoms with Crippen LogP contribution in [-0.2, 0) is 11.8 Å². The highest BCUT2D eigenvalue weighted by Gasteiger charge is 2.29. The second kappa shape index (κ2) is 6.40. The fourth-order valence-corrected chi connectivity index (χ4v) is 3.13. The molecule has 2 N–H and O–H groups in total. The Hall–Kier alpha value is -1.74. The zero-order valence-electron chi connectivity index (χ0n) is 13.8. The SMILES string of the molecule is CC(C)c1ccc(CC(C)(C)c2c(F)ccc(Cl)c2O)cc1O. The molecule has 0 atom stereocenters. The molecule has 2 aromatic rings. The summed E-state index contributed by atoms with van der Waals surface area (Å²) >= 11 is 5.92. The maximum Gasteiger partial charge on any atom is 0.140 e. The molecule has 0 aliphatic rings. The van der Waals surface area contributed by atoms with Crippen molar-refractivity contribution in [2.75, 3.05) is 0 Å². The molecule has 2 nitrogen and oxygen atoms in total. The number of aromatic hydroxyl groups is 2. The minimum Gasteiger partial charge on any atom is -0.508 e. The Morgan fingerprint density at radius 1 is 1.13 bits per heavy atom. The van der Waals surface area contributed by atoms with Crippen molar-refractivity contribution in [3.63, 3.8) is 0 Å². The van der Waals surface area contributed by atoms with E-state index in [0.29, 0.717) is 6.42 Å². The predicted molar refractivity (Wildman–Crippen MR) is 92.0 cm³/mol. The molecule has 124 valence electrons. The summed E-state index contributed by atoms with van der Waals surface area (Å²) in [6.45, 7) is 7.71. The second-order valence-electron chi connectivity index (χ2n) is 6.86. The van der Waals surface area contributed by atoms with Gasteiger partial charge in [-0.15, -0.1) is 0 Å². The molecular weight excluding hydrogens is 315 g/mol. The van der Waals surface area contributed by atoms with E-state index >= 15 is 0 Å². The molecule has 4 heteroatoms. The lowest BCUT2D eigenvalue weighted by Gasteiger charge is -2.27. The van der Waals surface area contributed by atoms with Crippen LogP contribution in [0, 0.1) is 5.82 Å². The van der Waals surface area contributed by atoms with E-state index in [1.807, 2.05) is 39.8 Å². The van der Waals surface area contributed by atoms with E-state index < -0.39 is 11.2 Å². The van der Waals surface area contributed by atoms with Crippen LogP contribution in [0.25, 0.3) is 0 Å². The standard InChI is InChI=1S/C19H22ClFO2/c1-11(2)13-6-5-12(9-16(13)22)10-19(3,4)17-15(21)8-7-14(20)18(17)23/h5-9,11,22-23H,10H2,1-4H3. The Labute approximate surface area is 141 Å². The van der Waals surface area contributed by atoms with E-state index in [2.05, 4.69) is 0 Å². The largest absolute Gasteiger partial charge is 0.508 e. The van der Waals surface area contributed by atoms with Gasteiger partial charge in [0.05, 0.1) is 5.02 Å². The summed E-state index contributed by atoms with van der Waals surface area (Å²) in [5.74, 6) is -0.241. The quantitative estimate of drug-likeness (QED) is 0.770. The first kappa shape index (κ1) is 17.6. The van der Waals surface area contributed by atoms with Crippen LogP contribution in [0.5, 0.6) is 11.5 Å². The molecule has 2 aromatic carbocycles. The van der Waals surface area contributed by atoms with Gasteiger partial charge in [-0.05, 0) is 41.7 Å². The van der Waals surface area contributed by atoms with Crippen molar-refractivity contribution in [3.8, 4) is 11.5 Å². The van der Waals surface area contributed by atoms with Gasteiger partial charge in [0.1, 0.15) is 17.3 Å². The third-order valence-electron chi connectivity index (χ3n) is 4.12. The Morgan fingerprint density at radius 3 is 2.35 bits per heavy atom. The molecule has 0 fully saturated rings. The summed E-state index contributed by atoms with van der Waals surface area (Å²) in [5, 5.41) is 20.4. The van der Waals surface area contributed by atoms with Crippen LogP contribution in [0.2, 0.25) is 5.02 Å². The van der Waals surface area contributed by atoms with E-state index in [1.165, 1.54) is 12.1 Å². The van der Waals surface area contributed by atoms with Gasteiger partial charge in [0.15, 0.2) is 0 Å². The molecule has 0 amide bonds. The van der Waals surface area contributed by atoms with Gasteiger partial charge in [0.25, 0.3) is 0 Å². The summed E-state index contributed by atoms with van der Waals surface area (Å²) in [4.78, 5) is 0. The van der Waals surface area contributed by atoms with Gasteiger partial charge in [-0.1, -0.05) is 51.4 Å². The molecule has 0 radical (unpaired) electrons. The second-order valence-corrected chi connectivity index (χ2v) is 7.27. The minimum absolute atomic E-state index is 0.132. The molecule has 0 saturated carbocycles. The van der Waals surface area contributed by atoms with Crippen LogP contribution in [0.1, 0.15) is 50.3 Å². The zero-order chi connectivity index (χ0) is 17.4. The van der Waals surface area contributed by atoms with E-state index in [1.54, 1.807) is 6.07 Å². The fraction of sp³-hybridized carbons (Fsp3) is 0.368. The van der Waals surface area contributed by atoms with Crippen LogP contribution in [0.3, 0.4) is 0 Å². The molecule has 2 rings (SSSR count). The summed E-state index contributed by atoms with van der Waals surface area (Å²) in [6, 6.07) is 8.13. The first-order chi connectivity index (χ1) is 10.6. The van der Waals surface area contributed by atoms with Gasteiger partial charge in [-0.25, -0.2) is 4.39 Å². The Kier molecular flexibility index (Phi) is 4.90. The monoisotopic (exact) mass is 336 g/mol. The molecule has 0 aliphatic carbocycles. The van der Waals surface area contributed by atoms with Crippen molar-refractivity contribution in [1.82, 2.24) is 0 Å². The van der Waals surface area contributed by atoms with Gasteiger partial charge >= 0.3 is 0 Å². The van der Waals surface area contributed by atoms with E-state index in [9.17, 15) is 14.6 Å². The molecule has 0 bridgehead atoms. The van der Waals surface area contributed by atoms with Gasteiger partial charge in [-0.3, -0.25) is 0 Å². The van der Waals surface area contributed by atoms with Gasteiger partial charge in [-0.2, -0.15) is 0 Å². The van der Waals surface area contributed by atoms with E-state index in [-0.39, 0.29) is 28.0 Å². The topological polar surface area (TPSA) is 40.5 Å². The van der Waals surface area contributed by atoms with Crippen molar-refractivity contribution in [1.29, 1.82) is 0 Å². The molecule has 23 heavy (non-hydrogen) atoms. The number of halogens is 2. The molecule has 0 aromatic heterocycles. The summed E-state index contributed by atoms with van der Waals surface area (Å²) in [6.07, 6.45) is 0.462. The maximum atomic E-state index is 14.2. The van der Waals surface area contributed by atoms with E-state index in [4.69, 9.17) is 11.6 Å². The highest BCUT2D eigenvalue weighted by Crippen LogP contribution is 2.40. The lowest BCUT2D eigenvalue weighted by atomic mass is 9.78. The average molecular weight is 337 g/mol. The lowest BCUT2D eigenvalue weighted by Crippen LogP contribution is -2.22. The molecule has 0 heterocycles. The Bertz CT molecular complexity index is 724. The molecular formula is C19H22ClFO2. The summed E-state index contributed by atoms with van der Waals surface area (Å²) in [7, 11) is 0. The fourth-order valence-electron chi connectivity index (χ4n) is 2.97. The van der Waals surface area contributed by atoms with Gasteiger partial charge < -0.3 is 10.2 Å². The Morgan fingerprint density at radius 2 is 1.78 bits per heavy atom. The minimum atomic E-state index is -0.676. The first-order valence-electron chi connectivity index (χ1n) is 7.62. The van der Waals surface area contributed by atoms with Crippen molar-refractivity contribution in [2.45, 2.75) is 45.4 Å². The maximum absolute atomic E-state index is 14.2. The number of phenols is 2.